The van der Waals surface area contributed by atoms with Crippen LogP contribution in [0.3, 0.4) is 0 Å². The van der Waals surface area contributed by atoms with Crippen molar-refractivity contribution in [2.45, 2.75) is 36.8 Å². The van der Waals surface area contributed by atoms with Gasteiger partial charge in [0.1, 0.15) is 16.5 Å². The van der Waals surface area contributed by atoms with Gasteiger partial charge < -0.3 is 0 Å². The molecule has 104 valence electrons. The van der Waals surface area contributed by atoms with Gasteiger partial charge in [0, 0.05) is 6.07 Å². The van der Waals surface area contributed by atoms with E-state index in [0.717, 1.165) is 12.1 Å². The topological polar surface area (TPSA) is 57.9 Å². The van der Waals surface area contributed by atoms with Crippen LogP contribution in [0.1, 0.15) is 26.7 Å². The lowest BCUT2D eigenvalue weighted by Gasteiger charge is -2.19. The van der Waals surface area contributed by atoms with Gasteiger partial charge in [0.2, 0.25) is 0 Å². The van der Waals surface area contributed by atoms with Crippen molar-refractivity contribution >= 4 is 9.84 Å². The number of nitrogens with zero attached hydrogens (tertiary/aromatic N) is 1. The van der Waals surface area contributed by atoms with Crippen molar-refractivity contribution in [1.29, 1.82) is 5.26 Å². The van der Waals surface area contributed by atoms with E-state index in [4.69, 9.17) is 5.26 Å². The molecular formula is C13H15F2NO2S. The molecule has 0 saturated carbocycles. The van der Waals surface area contributed by atoms with Gasteiger partial charge in [0.15, 0.2) is 15.1 Å². The van der Waals surface area contributed by atoms with Gasteiger partial charge in [-0.1, -0.05) is 26.7 Å². The second-order valence-electron chi connectivity index (χ2n) is 4.25. The van der Waals surface area contributed by atoms with E-state index in [9.17, 15) is 17.2 Å². The molecule has 0 radical (unpaired) electrons. The molecule has 0 fully saturated rings. The van der Waals surface area contributed by atoms with Crippen molar-refractivity contribution in [3.05, 3.63) is 29.8 Å². The molecule has 1 atom stereocenters. The Labute approximate surface area is 111 Å². The van der Waals surface area contributed by atoms with E-state index in [2.05, 4.69) is 0 Å². The number of nitriles is 1. The Morgan fingerprint density at radius 1 is 1.26 bits per heavy atom. The van der Waals surface area contributed by atoms with Crippen LogP contribution in [0.15, 0.2) is 23.1 Å². The van der Waals surface area contributed by atoms with E-state index in [-0.39, 0.29) is 5.92 Å². The molecule has 0 amide bonds. The number of benzene rings is 1. The molecule has 0 heterocycles. The predicted molar refractivity (Wildman–Crippen MR) is 67.0 cm³/mol. The molecule has 19 heavy (non-hydrogen) atoms. The Morgan fingerprint density at radius 2 is 1.84 bits per heavy atom. The highest BCUT2D eigenvalue weighted by atomic mass is 32.2. The van der Waals surface area contributed by atoms with Crippen molar-refractivity contribution in [2.75, 3.05) is 0 Å². The molecule has 0 aromatic heterocycles. The Bertz CT molecular complexity index is 589. The molecular weight excluding hydrogens is 272 g/mol. The molecule has 1 rings (SSSR count). The van der Waals surface area contributed by atoms with Crippen LogP contribution >= 0.6 is 0 Å². The average Bonchev–Trinajstić information content (AvgIpc) is 2.34. The van der Waals surface area contributed by atoms with Gasteiger partial charge >= 0.3 is 0 Å². The van der Waals surface area contributed by atoms with Crippen molar-refractivity contribution in [3.8, 4) is 6.07 Å². The van der Waals surface area contributed by atoms with Crippen LogP contribution < -0.4 is 0 Å². The van der Waals surface area contributed by atoms with Gasteiger partial charge in [-0.3, -0.25) is 0 Å². The van der Waals surface area contributed by atoms with Crippen LogP contribution in [0.5, 0.6) is 0 Å². The molecule has 1 aromatic rings. The smallest absolute Gasteiger partial charge is 0.197 e. The molecule has 1 unspecified atom stereocenters. The Morgan fingerprint density at radius 3 is 2.26 bits per heavy atom. The minimum Gasteiger partial charge on any atom is -0.222 e. The lowest BCUT2D eigenvalue weighted by molar-refractivity contribution is 0.482. The van der Waals surface area contributed by atoms with Gasteiger partial charge in [0.05, 0.1) is 6.07 Å². The minimum absolute atomic E-state index is 0.376. The maximum absolute atomic E-state index is 13.6. The van der Waals surface area contributed by atoms with Crippen molar-refractivity contribution in [1.82, 2.24) is 0 Å². The van der Waals surface area contributed by atoms with Gasteiger partial charge in [-0.05, 0) is 18.1 Å². The number of rotatable bonds is 5. The highest BCUT2D eigenvalue weighted by Gasteiger charge is 2.35. The van der Waals surface area contributed by atoms with Crippen LogP contribution in [0.25, 0.3) is 0 Å². The molecule has 1 aromatic carbocycles. The summed E-state index contributed by atoms with van der Waals surface area (Å²) >= 11 is 0. The first-order valence-electron chi connectivity index (χ1n) is 5.97. The van der Waals surface area contributed by atoms with E-state index in [1.165, 1.54) is 0 Å². The SMILES string of the molecule is CCC(CC)C(C#N)S(=O)(=O)c1ccc(F)cc1F. The average molecular weight is 287 g/mol. The molecule has 3 nitrogen and oxygen atoms in total. The second-order valence-corrected chi connectivity index (χ2v) is 6.28. The Balaban J connectivity index is 3.33. The minimum atomic E-state index is -4.12. The molecule has 0 aliphatic heterocycles. The van der Waals surface area contributed by atoms with E-state index >= 15 is 0 Å². The number of hydrogen-bond acceptors (Lipinski definition) is 3. The third-order valence-corrected chi connectivity index (χ3v) is 5.24. The van der Waals surface area contributed by atoms with Gasteiger partial charge in [-0.15, -0.1) is 0 Å². The van der Waals surface area contributed by atoms with Gasteiger partial charge in [-0.25, -0.2) is 17.2 Å². The monoisotopic (exact) mass is 287 g/mol. The number of hydrogen-bond donors (Lipinski definition) is 0. The summed E-state index contributed by atoms with van der Waals surface area (Å²) in [5.41, 5.74) is 0. The summed E-state index contributed by atoms with van der Waals surface area (Å²) in [5.74, 6) is -2.39. The first kappa shape index (κ1) is 15.6. The van der Waals surface area contributed by atoms with Crippen molar-refractivity contribution in [3.63, 3.8) is 0 Å². The summed E-state index contributed by atoms with van der Waals surface area (Å²) in [6, 6.07) is 3.98. The zero-order chi connectivity index (χ0) is 14.6. The molecule has 6 heteroatoms. The first-order chi connectivity index (χ1) is 8.88. The maximum Gasteiger partial charge on any atom is 0.197 e. The largest absolute Gasteiger partial charge is 0.222 e. The molecule has 0 spiro atoms. The summed E-state index contributed by atoms with van der Waals surface area (Å²) in [6.45, 7) is 3.55. The zero-order valence-corrected chi connectivity index (χ0v) is 11.5. The molecule has 0 aliphatic carbocycles. The highest BCUT2D eigenvalue weighted by molar-refractivity contribution is 7.92. The fourth-order valence-corrected chi connectivity index (χ4v) is 3.88. The first-order valence-corrected chi connectivity index (χ1v) is 7.51. The van der Waals surface area contributed by atoms with Crippen LogP contribution in [-0.4, -0.2) is 13.7 Å². The lowest BCUT2D eigenvalue weighted by Crippen LogP contribution is -2.28. The summed E-state index contributed by atoms with van der Waals surface area (Å²) in [4.78, 5) is -0.618. The molecule has 0 aliphatic rings. The quantitative estimate of drug-likeness (QED) is 0.782. The number of halogens is 2. The van der Waals surface area contributed by atoms with Gasteiger partial charge in [0.25, 0.3) is 0 Å². The van der Waals surface area contributed by atoms with Crippen molar-refractivity contribution < 1.29 is 17.2 Å². The fourth-order valence-electron chi connectivity index (χ4n) is 1.99. The zero-order valence-electron chi connectivity index (χ0n) is 10.7. The summed E-state index contributed by atoms with van der Waals surface area (Å²) < 4.78 is 50.9. The molecule has 0 saturated heterocycles. The van der Waals surface area contributed by atoms with Gasteiger partial charge in [-0.2, -0.15) is 5.26 Å². The fraction of sp³-hybridized carbons (Fsp3) is 0.462. The third kappa shape index (κ3) is 3.10. The highest BCUT2D eigenvalue weighted by Crippen LogP contribution is 2.27. The predicted octanol–water partition coefficient (Wildman–Crippen LogP) is 3.07. The standard InChI is InChI=1S/C13H15F2NO2S/c1-3-9(4-2)13(8-16)19(17,18)12-6-5-10(14)7-11(12)15/h5-7,9,13H,3-4H2,1-2H3. The summed E-state index contributed by atoms with van der Waals surface area (Å²) in [6.07, 6.45) is 0.994. The second kappa shape index (κ2) is 6.11. The summed E-state index contributed by atoms with van der Waals surface area (Å²) in [5, 5.41) is 7.76. The normalized spacial score (nSPS) is 13.3. The molecule has 0 bridgehead atoms. The van der Waals surface area contributed by atoms with E-state index < -0.39 is 31.6 Å². The van der Waals surface area contributed by atoms with Crippen LogP contribution in [0.2, 0.25) is 0 Å². The van der Waals surface area contributed by atoms with Crippen LogP contribution in [0.4, 0.5) is 8.78 Å². The number of sulfone groups is 1. The third-order valence-electron chi connectivity index (χ3n) is 3.14. The summed E-state index contributed by atoms with van der Waals surface area (Å²) in [7, 11) is -4.12. The van der Waals surface area contributed by atoms with E-state index in [1.54, 1.807) is 19.9 Å². The maximum atomic E-state index is 13.6. The lowest BCUT2D eigenvalue weighted by atomic mass is 10.0. The van der Waals surface area contributed by atoms with E-state index in [1.807, 2.05) is 0 Å². The Kier molecular flexibility index (Phi) is 5.01. The molecule has 0 N–H and O–H groups in total. The van der Waals surface area contributed by atoms with Crippen LogP contribution in [0, 0.1) is 28.9 Å². The van der Waals surface area contributed by atoms with Crippen LogP contribution in [-0.2, 0) is 9.84 Å². The Hall–Kier alpha value is -1.48. The van der Waals surface area contributed by atoms with Crippen molar-refractivity contribution in [2.24, 2.45) is 5.92 Å². The van der Waals surface area contributed by atoms with E-state index in [0.29, 0.717) is 18.9 Å².